The smallest absolute Gasteiger partial charge is 0.237 e. The summed E-state index contributed by atoms with van der Waals surface area (Å²) in [5, 5.41) is 0. The molecule has 1 rings (SSSR count). The highest BCUT2D eigenvalue weighted by molar-refractivity contribution is 5.83. The van der Waals surface area contributed by atoms with Crippen molar-refractivity contribution in [1.82, 2.24) is 4.90 Å². The quantitative estimate of drug-likeness (QED) is 0.774. The van der Waals surface area contributed by atoms with Gasteiger partial charge >= 0.3 is 0 Å². The van der Waals surface area contributed by atoms with Crippen LogP contribution in [0, 0.1) is 5.92 Å². The molecular weight excluding hydrogens is 214 g/mol. The first-order valence-electron chi connectivity index (χ1n) is 6.66. The monoisotopic (exact) mass is 241 g/mol. The van der Waals surface area contributed by atoms with Crippen molar-refractivity contribution in [2.24, 2.45) is 17.4 Å². The van der Waals surface area contributed by atoms with Crippen LogP contribution in [0.4, 0.5) is 0 Å². The van der Waals surface area contributed by atoms with Crippen LogP contribution in [0.1, 0.15) is 46.5 Å². The van der Waals surface area contributed by atoms with Crippen molar-refractivity contribution in [3.05, 3.63) is 0 Å². The Kier molecular flexibility index (Phi) is 4.95. The summed E-state index contributed by atoms with van der Waals surface area (Å²) >= 11 is 0. The van der Waals surface area contributed by atoms with Gasteiger partial charge in [0.1, 0.15) is 0 Å². The summed E-state index contributed by atoms with van der Waals surface area (Å²) in [4.78, 5) is 13.7. The van der Waals surface area contributed by atoms with Gasteiger partial charge in [-0.15, -0.1) is 0 Å². The Morgan fingerprint density at radius 3 is 2.71 bits per heavy atom. The molecule has 1 heterocycles. The Hall–Kier alpha value is -0.610. The minimum Gasteiger partial charge on any atom is -0.368 e. The summed E-state index contributed by atoms with van der Waals surface area (Å²) in [7, 11) is 0. The molecule has 0 aliphatic carbocycles. The minimum atomic E-state index is -0.892. The largest absolute Gasteiger partial charge is 0.368 e. The molecule has 0 aromatic carbocycles. The first-order valence-corrected chi connectivity index (χ1v) is 6.66. The standard InChI is InChI=1S/C13H27N3O/c1-10-5-4-7-16(8-6-10)11(2)9-13(3,15)12(14)17/h10-11H,4-9,15H2,1-3H3,(H2,14,17). The van der Waals surface area contributed by atoms with Crippen LogP contribution in [0.15, 0.2) is 0 Å². The van der Waals surface area contributed by atoms with Gasteiger partial charge < -0.3 is 16.4 Å². The third-order valence-electron chi connectivity index (χ3n) is 3.96. The van der Waals surface area contributed by atoms with E-state index >= 15 is 0 Å². The molecule has 0 radical (unpaired) electrons. The van der Waals surface area contributed by atoms with E-state index in [2.05, 4.69) is 18.7 Å². The van der Waals surface area contributed by atoms with Crippen molar-refractivity contribution in [3.8, 4) is 0 Å². The van der Waals surface area contributed by atoms with E-state index in [1.54, 1.807) is 6.92 Å². The molecule has 4 N–H and O–H groups in total. The highest BCUT2D eigenvalue weighted by atomic mass is 16.1. The van der Waals surface area contributed by atoms with Crippen LogP contribution >= 0.6 is 0 Å². The SMILES string of the molecule is CC1CCCN(C(C)CC(C)(N)C(N)=O)CC1. The van der Waals surface area contributed by atoms with Gasteiger partial charge in [0.25, 0.3) is 0 Å². The van der Waals surface area contributed by atoms with Gasteiger partial charge in [-0.05, 0) is 58.5 Å². The maximum absolute atomic E-state index is 11.2. The topological polar surface area (TPSA) is 72.3 Å². The molecule has 1 aliphatic rings. The van der Waals surface area contributed by atoms with Crippen LogP contribution in [0.2, 0.25) is 0 Å². The number of hydrogen-bond donors (Lipinski definition) is 2. The average molecular weight is 241 g/mol. The van der Waals surface area contributed by atoms with Gasteiger partial charge in [-0.25, -0.2) is 0 Å². The molecule has 4 heteroatoms. The number of carbonyl (C=O) groups excluding carboxylic acids is 1. The molecule has 0 saturated carbocycles. The van der Waals surface area contributed by atoms with Crippen LogP contribution < -0.4 is 11.5 Å². The van der Waals surface area contributed by atoms with Gasteiger partial charge in [0, 0.05) is 6.04 Å². The van der Waals surface area contributed by atoms with Gasteiger partial charge in [-0.1, -0.05) is 6.92 Å². The number of carbonyl (C=O) groups is 1. The zero-order valence-electron chi connectivity index (χ0n) is 11.4. The van der Waals surface area contributed by atoms with E-state index in [0.717, 1.165) is 19.0 Å². The highest BCUT2D eigenvalue weighted by Gasteiger charge is 2.30. The fraction of sp³-hybridized carbons (Fsp3) is 0.923. The molecule has 1 saturated heterocycles. The van der Waals surface area contributed by atoms with Crippen LogP contribution in [-0.4, -0.2) is 35.5 Å². The van der Waals surface area contributed by atoms with Crippen LogP contribution in [-0.2, 0) is 4.79 Å². The molecular formula is C13H27N3O. The third kappa shape index (κ3) is 4.28. The second-order valence-electron chi connectivity index (χ2n) is 5.91. The summed E-state index contributed by atoms with van der Waals surface area (Å²) in [5.74, 6) is 0.403. The van der Waals surface area contributed by atoms with Crippen molar-refractivity contribution < 1.29 is 4.79 Å². The van der Waals surface area contributed by atoms with Crippen molar-refractivity contribution in [3.63, 3.8) is 0 Å². The van der Waals surface area contributed by atoms with Crippen LogP contribution in [0.25, 0.3) is 0 Å². The number of nitrogens with two attached hydrogens (primary N) is 2. The van der Waals surface area contributed by atoms with E-state index in [1.165, 1.54) is 19.3 Å². The Bertz CT molecular complexity index is 265. The van der Waals surface area contributed by atoms with Crippen molar-refractivity contribution in [2.45, 2.75) is 58.0 Å². The van der Waals surface area contributed by atoms with Gasteiger partial charge in [-0.2, -0.15) is 0 Å². The number of amides is 1. The molecule has 1 aliphatic heterocycles. The summed E-state index contributed by atoms with van der Waals surface area (Å²) in [6, 6.07) is 0.322. The average Bonchev–Trinajstić information content (AvgIpc) is 2.42. The van der Waals surface area contributed by atoms with Gasteiger partial charge in [0.15, 0.2) is 0 Å². The Morgan fingerprint density at radius 2 is 2.12 bits per heavy atom. The van der Waals surface area contributed by atoms with E-state index in [-0.39, 0.29) is 0 Å². The lowest BCUT2D eigenvalue weighted by molar-refractivity contribution is -0.123. The molecule has 3 atom stereocenters. The highest BCUT2D eigenvalue weighted by Crippen LogP contribution is 2.21. The number of nitrogens with zero attached hydrogens (tertiary/aromatic N) is 1. The second-order valence-corrected chi connectivity index (χ2v) is 5.91. The van der Waals surface area contributed by atoms with Crippen LogP contribution in [0.3, 0.4) is 0 Å². The molecule has 1 amide bonds. The van der Waals surface area contributed by atoms with E-state index < -0.39 is 11.4 Å². The molecule has 0 bridgehead atoms. The van der Waals surface area contributed by atoms with E-state index in [0.29, 0.717) is 12.5 Å². The normalized spacial score (nSPS) is 28.1. The first kappa shape index (κ1) is 14.5. The summed E-state index contributed by atoms with van der Waals surface area (Å²) < 4.78 is 0. The fourth-order valence-corrected chi connectivity index (χ4v) is 2.57. The lowest BCUT2D eigenvalue weighted by Crippen LogP contribution is -2.53. The Labute approximate surface area is 105 Å². The summed E-state index contributed by atoms with van der Waals surface area (Å²) in [6.07, 6.45) is 4.42. The minimum absolute atomic E-state index is 0.322. The molecule has 0 aromatic rings. The van der Waals surface area contributed by atoms with Crippen LogP contribution in [0.5, 0.6) is 0 Å². The third-order valence-corrected chi connectivity index (χ3v) is 3.96. The number of hydrogen-bond acceptors (Lipinski definition) is 3. The molecule has 100 valence electrons. The van der Waals surface area contributed by atoms with E-state index in [9.17, 15) is 4.79 Å². The lowest BCUT2D eigenvalue weighted by Gasteiger charge is -2.32. The van der Waals surface area contributed by atoms with E-state index in [4.69, 9.17) is 11.5 Å². The number of likely N-dealkylation sites (tertiary alicyclic amines) is 1. The van der Waals surface area contributed by atoms with Gasteiger partial charge in [0.2, 0.25) is 5.91 Å². The summed E-state index contributed by atoms with van der Waals surface area (Å²) in [6.45, 7) is 8.40. The second kappa shape index (κ2) is 5.83. The molecule has 1 fully saturated rings. The van der Waals surface area contributed by atoms with Gasteiger partial charge in [0.05, 0.1) is 5.54 Å². The molecule has 0 aromatic heterocycles. The summed E-state index contributed by atoms with van der Waals surface area (Å²) in [5.41, 5.74) is 10.4. The first-order chi connectivity index (χ1) is 7.83. The fourth-order valence-electron chi connectivity index (χ4n) is 2.57. The number of rotatable bonds is 4. The van der Waals surface area contributed by atoms with Crippen molar-refractivity contribution in [1.29, 1.82) is 0 Å². The predicted octanol–water partition coefficient (Wildman–Crippen LogP) is 1.09. The molecule has 3 unspecified atom stereocenters. The zero-order valence-corrected chi connectivity index (χ0v) is 11.4. The zero-order chi connectivity index (χ0) is 13.1. The maximum Gasteiger partial charge on any atom is 0.237 e. The van der Waals surface area contributed by atoms with Crippen molar-refractivity contribution >= 4 is 5.91 Å². The lowest BCUT2D eigenvalue weighted by atomic mass is 9.93. The van der Waals surface area contributed by atoms with Crippen molar-refractivity contribution in [2.75, 3.05) is 13.1 Å². The Balaban J connectivity index is 2.52. The predicted molar refractivity (Wildman–Crippen MR) is 70.5 cm³/mol. The Morgan fingerprint density at radius 1 is 1.47 bits per heavy atom. The molecule has 4 nitrogen and oxygen atoms in total. The van der Waals surface area contributed by atoms with Gasteiger partial charge in [-0.3, -0.25) is 4.79 Å². The maximum atomic E-state index is 11.2. The molecule has 0 spiro atoms. The molecule has 17 heavy (non-hydrogen) atoms. The van der Waals surface area contributed by atoms with E-state index in [1.807, 2.05) is 0 Å². The number of primary amides is 1.